The van der Waals surface area contributed by atoms with E-state index in [4.69, 9.17) is 8.83 Å². The minimum absolute atomic E-state index is 0.0515. The van der Waals surface area contributed by atoms with Crippen molar-refractivity contribution in [2.45, 2.75) is 39.0 Å². The number of nitrogens with zero attached hydrogens (tertiary/aromatic N) is 4. The molecule has 0 spiro atoms. The zero-order valence-electron chi connectivity index (χ0n) is 26.0. The van der Waals surface area contributed by atoms with Crippen LogP contribution in [0, 0.1) is 0 Å². The van der Waals surface area contributed by atoms with Crippen LogP contribution in [0.4, 0.5) is 0 Å². The lowest BCUT2D eigenvalue weighted by Crippen LogP contribution is -2.33. The predicted octanol–water partition coefficient (Wildman–Crippen LogP) is 5.37. The van der Waals surface area contributed by atoms with Gasteiger partial charge in [0, 0.05) is 46.2 Å². The van der Waals surface area contributed by atoms with Crippen LogP contribution in [0.3, 0.4) is 0 Å². The molecule has 0 amide bonds. The lowest BCUT2D eigenvalue weighted by atomic mass is 10.1. The average Bonchev–Trinajstić information content (AvgIpc) is 3.60. The Bertz CT molecular complexity index is 2430. The second-order valence-corrected chi connectivity index (χ2v) is 12.1. The Morgan fingerprint density at radius 3 is 1.46 bits per heavy atom. The van der Waals surface area contributed by atoms with Crippen LogP contribution in [-0.2, 0) is 26.2 Å². The summed E-state index contributed by atoms with van der Waals surface area (Å²) in [4.78, 5) is 24.7. The number of aromatic nitrogens is 4. The number of hydrogen-bond donors (Lipinski definition) is 2. The summed E-state index contributed by atoms with van der Waals surface area (Å²) in [6.45, 7) is 2.60. The molecule has 0 saturated heterocycles. The van der Waals surface area contributed by atoms with Gasteiger partial charge in [-0.15, -0.1) is 0 Å². The average molecular weight is 641 g/mol. The maximum absolute atomic E-state index is 12.3. The van der Waals surface area contributed by atoms with Crippen molar-refractivity contribution < 1.29 is 28.2 Å². The minimum Gasteiger partial charge on any atom is -0.508 e. The molecule has 0 saturated carbocycles. The summed E-state index contributed by atoms with van der Waals surface area (Å²) in [5.41, 5.74) is 5.82. The van der Waals surface area contributed by atoms with Gasteiger partial charge in [-0.3, -0.25) is 0 Å². The third-order valence-corrected chi connectivity index (χ3v) is 8.92. The van der Waals surface area contributed by atoms with Gasteiger partial charge in [0.2, 0.25) is 12.7 Å². The number of fused-ring (bicyclic) bond motifs is 4. The first-order valence-electron chi connectivity index (χ1n) is 15.9. The molecule has 0 atom stereocenters. The van der Waals surface area contributed by atoms with Crippen molar-refractivity contribution in [1.29, 1.82) is 0 Å². The van der Waals surface area contributed by atoms with Crippen LogP contribution in [0.1, 0.15) is 24.0 Å². The number of phenolic OH excluding ortho intramolecular Hbond substituents is 2. The van der Waals surface area contributed by atoms with E-state index in [0.29, 0.717) is 24.3 Å². The molecular formula is C38H32N4O6+2. The van der Waals surface area contributed by atoms with Gasteiger partial charge in [-0.05, 0) is 61.4 Å². The van der Waals surface area contributed by atoms with Crippen LogP contribution in [0.2, 0.25) is 0 Å². The number of phenols is 2. The lowest BCUT2D eigenvalue weighted by molar-refractivity contribution is -0.663. The van der Waals surface area contributed by atoms with Gasteiger partial charge in [-0.2, -0.15) is 0 Å². The molecule has 238 valence electrons. The predicted molar refractivity (Wildman–Crippen MR) is 180 cm³/mol. The first-order chi connectivity index (χ1) is 23.4. The number of hydrogen-bond acceptors (Lipinski definition) is 6. The maximum atomic E-state index is 12.3. The van der Waals surface area contributed by atoms with E-state index in [1.165, 1.54) is 24.3 Å². The van der Waals surface area contributed by atoms with Crippen molar-refractivity contribution in [3.8, 4) is 11.5 Å². The van der Waals surface area contributed by atoms with E-state index >= 15 is 0 Å². The van der Waals surface area contributed by atoms with Gasteiger partial charge < -0.3 is 19.0 Å². The van der Waals surface area contributed by atoms with Gasteiger partial charge in [0.1, 0.15) is 35.8 Å². The summed E-state index contributed by atoms with van der Waals surface area (Å²) in [5, 5.41) is 21.4. The summed E-state index contributed by atoms with van der Waals surface area (Å²) in [5.74, 6) is 0.103. The Balaban J connectivity index is 1.02. The van der Waals surface area contributed by atoms with E-state index < -0.39 is 11.3 Å². The zero-order chi connectivity index (χ0) is 32.8. The van der Waals surface area contributed by atoms with Crippen LogP contribution < -0.4 is 20.4 Å². The molecule has 0 unspecified atom stereocenters. The number of para-hydroxylation sites is 4. The van der Waals surface area contributed by atoms with E-state index in [1.807, 2.05) is 24.3 Å². The SMILES string of the molecule is O=c1cc(C[n+]2cn(CCCCn3c[n+](Cc4cc(=O)oc5cc(O)ccc45)c4ccccc43)c3ccccc32)c2ccc(O)cc2o1. The smallest absolute Gasteiger partial charge is 0.336 e. The van der Waals surface area contributed by atoms with Crippen molar-refractivity contribution in [3.63, 3.8) is 0 Å². The fourth-order valence-corrected chi connectivity index (χ4v) is 6.72. The summed E-state index contributed by atoms with van der Waals surface area (Å²) in [6, 6.07) is 29.2. The molecule has 4 aromatic heterocycles. The molecule has 0 bridgehead atoms. The summed E-state index contributed by atoms with van der Waals surface area (Å²) >= 11 is 0. The zero-order valence-corrected chi connectivity index (χ0v) is 26.0. The monoisotopic (exact) mass is 640 g/mol. The van der Waals surface area contributed by atoms with E-state index in [-0.39, 0.29) is 11.5 Å². The van der Waals surface area contributed by atoms with Crippen molar-refractivity contribution in [2.24, 2.45) is 0 Å². The maximum Gasteiger partial charge on any atom is 0.336 e. The van der Waals surface area contributed by atoms with Crippen LogP contribution in [0.25, 0.3) is 44.0 Å². The van der Waals surface area contributed by atoms with Crippen LogP contribution in [-0.4, -0.2) is 19.3 Å². The number of unbranched alkanes of at least 4 members (excludes halogenated alkanes) is 1. The van der Waals surface area contributed by atoms with E-state index in [9.17, 15) is 19.8 Å². The van der Waals surface area contributed by atoms with E-state index in [0.717, 1.165) is 69.9 Å². The fourth-order valence-electron chi connectivity index (χ4n) is 6.72. The second kappa shape index (κ2) is 11.9. The third kappa shape index (κ3) is 5.47. The Hall–Kier alpha value is -6.16. The van der Waals surface area contributed by atoms with Crippen molar-refractivity contribution in [3.05, 3.63) is 142 Å². The molecule has 10 nitrogen and oxygen atoms in total. The highest BCUT2D eigenvalue weighted by atomic mass is 16.4. The van der Waals surface area contributed by atoms with Gasteiger partial charge >= 0.3 is 11.3 Å². The van der Waals surface area contributed by atoms with Gasteiger partial charge in [0.15, 0.2) is 22.1 Å². The molecule has 8 rings (SSSR count). The Kier molecular flexibility index (Phi) is 7.25. The lowest BCUT2D eigenvalue weighted by Gasteiger charge is -2.04. The second-order valence-electron chi connectivity index (χ2n) is 12.1. The Labute approximate surface area is 273 Å². The molecule has 0 aliphatic carbocycles. The molecule has 0 radical (unpaired) electrons. The molecule has 8 aromatic rings. The normalized spacial score (nSPS) is 11.8. The molecule has 2 N–H and O–H groups in total. The molecule has 10 heteroatoms. The number of aromatic hydroxyl groups is 2. The summed E-state index contributed by atoms with van der Waals surface area (Å²) in [7, 11) is 0. The van der Waals surface area contributed by atoms with Crippen molar-refractivity contribution >= 4 is 44.0 Å². The van der Waals surface area contributed by atoms with E-state index in [1.54, 1.807) is 24.3 Å². The molecule has 0 fully saturated rings. The molecular weight excluding hydrogens is 608 g/mol. The van der Waals surface area contributed by atoms with E-state index in [2.05, 4.69) is 55.2 Å². The number of benzene rings is 4. The first-order valence-corrected chi connectivity index (χ1v) is 15.9. The number of imidazole rings is 2. The molecule has 4 heterocycles. The third-order valence-electron chi connectivity index (χ3n) is 8.92. The van der Waals surface area contributed by atoms with Gasteiger partial charge in [0.25, 0.3) is 0 Å². The Morgan fingerprint density at radius 1 is 0.562 bits per heavy atom. The topological polar surface area (TPSA) is 119 Å². The highest BCUT2D eigenvalue weighted by Gasteiger charge is 2.20. The highest BCUT2D eigenvalue weighted by Crippen LogP contribution is 2.24. The van der Waals surface area contributed by atoms with Crippen molar-refractivity contribution in [1.82, 2.24) is 9.13 Å². The number of rotatable bonds is 9. The standard InChI is InChI=1S/C38H30N4O6/c43-27-11-13-29-25(17-37(45)47-35(29)19-27)21-41-23-39(31-7-1-3-9-33(31)41)15-5-6-16-40-24-42(34-10-4-2-8-32(34)40)22-26-18-38(46)48-36-20-28(44)12-14-30(26)36/h1-4,7-14,17-20,23-24H,5-6,15-16,21-22H2/p+2. The quantitative estimate of drug-likeness (QED) is 0.124. The largest absolute Gasteiger partial charge is 0.508 e. The fraction of sp³-hybridized carbons (Fsp3) is 0.158. The van der Waals surface area contributed by atoms with Crippen LogP contribution in [0.15, 0.2) is 128 Å². The summed E-state index contributed by atoms with van der Waals surface area (Å²) in [6.07, 6.45) is 6.09. The molecule has 0 aliphatic rings. The van der Waals surface area contributed by atoms with Crippen LogP contribution >= 0.6 is 0 Å². The highest BCUT2D eigenvalue weighted by molar-refractivity contribution is 5.82. The van der Waals surface area contributed by atoms with Crippen LogP contribution in [0.5, 0.6) is 11.5 Å². The Morgan fingerprint density at radius 2 is 1.00 bits per heavy atom. The summed E-state index contributed by atoms with van der Waals surface area (Å²) < 4.78 is 19.5. The molecule has 48 heavy (non-hydrogen) atoms. The molecule has 0 aliphatic heterocycles. The van der Waals surface area contributed by atoms with Gasteiger partial charge in [0.05, 0.1) is 13.1 Å². The van der Waals surface area contributed by atoms with Crippen molar-refractivity contribution in [2.75, 3.05) is 0 Å². The molecule has 4 aromatic carbocycles. The first kappa shape index (κ1) is 29.3. The minimum atomic E-state index is -0.450. The van der Waals surface area contributed by atoms with Gasteiger partial charge in [-0.25, -0.2) is 27.9 Å². The van der Waals surface area contributed by atoms with Gasteiger partial charge in [-0.1, -0.05) is 24.3 Å². The number of aryl methyl sites for hydroxylation is 2.